The highest BCUT2D eigenvalue weighted by Crippen LogP contribution is 2.40. The fourth-order valence-corrected chi connectivity index (χ4v) is 4.43. The van der Waals surface area contributed by atoms with Crippen LogP contribution in [0.1, 0.15) is 51.3 Å². The summed E-state index contributed by atoms with van der Waals surface area (Å²) in [5, 5.41) is 8.00. The second kappa shape index (κ2) is 6.85. The standard InChI is InChI=1S/C19H28N6O/c1-14-21-17-15(13-20-23-17)18(22-14)25-9-5-8-24(10-11-25)16(26)12-19(2)6-3-4-7-19/h13H,3-12H2,1-2H3,(H,20,21,22,23). The smallest absolute Gasteiger partial charge is 0.223 e. The summed E-state index contributed by atoms with van der Waals surface area (Å²) in [6.45, 7) is 7.49. The highest BCUT2D eigenvalue weighted by Gasteiger charge is 2.33. The van der Waals surface area contributed by atoms with E-state index in [9.17, 15) is 4.79 Å². The van der Waals surface area contributed by atoms with Crippen molar-refractivity contribution < 1.29 is 4.79 Å². The van der Waals surface area contributed by atoms with Crippen LogP contribution in [0.15, 0.2) is 6.20 Å². The van der Waals surface area contributed by atoms with Gasteiger partial charge in [0.25, 0.3) is 0 Å². The van der Waals surface area contributed by atoms with Crippen molar-refractivity contribution in [1.29, 1.82) is 0 Å². The second-order valence-corrected chi connectivity index (χ2v) is 8.14. The molecule has 1 saturated heterocycles. The van der Waals surface area contributed by atoms with Gasteiger partial charge in [0.2, 0.25) is 5.91 Å². The molecule has 1 aliphatic carbocycles. The lowest BCUT2D eigenvalue weighted by atomic mass is 9.84. The first kappa shape index (κ1) is 17.2. The van der Waals surface area contributed by atoms with Gasteiger partial charge in [-0.25, -0.2) is 9.97 Å². The van der Waals surface area contributed by atoms with Crippen LogP contribution in [0.3, 0.4) is 0 Å². The third-order valence-electron chi connectivity index (χ3n) is 5.94. The van der Waals surface area contributed by atoms with Gasteiger partial charge in [-0.1, -0.05) is 19.8 Å². The lowest BCUT2D eigenvalue weighted by Gasteiger charge is -2.28. The van der Waals surface area contributed by atoms with E-state index >= 15 is 0 Å². The maximum Gasteiger partial charge on any atom is 0.223 e. The zero-order chi connectivity index (χ0) is 18.1. The largest absolute Gasteiger partial charge is 0.354 e. The van der Waals surface area contributed by atoms with Crippen LogP contribution >= 0.6 is 0 Å². The lowest BCUT2D eigenvalue weighted by Crippen LogP contribution is -2.37. The Kier molecular flexibility index (Phi) is 4.54. The molecule has 1 amide bonds. The Bertz CT molecular complexity index is 794. The number of hydrogen-bond donors (Lipinski definition) is 1. The molecule has 2 aliphatic rings. The van der Waals surface area contributed by atoms with Crippen molar-refractivity contribution in [1.82, 2.24) is 25.1 Å². The van der Waals surface area contributed by atoms with E-state index < -0.39 is 0 Å². The lowest BCUT2D eigenvalue weighted by molar-refractivity contribution is -0.133. The van der Waals surface area contributed by atoms with Crippen molar-refractivity contribution in [3.63, 3.8) is 0 Å². The van der Waals surface area contributed by atoms with Crippen molar-refractivity contribution in [3.8, 4) is 0 Å². The predicted octanol–water partition coefficient (Wildman–Crippen LogP) is 2.67. The molecule has 0 bridgehead atoms. The van der Waals surface area contributed by atoms with E-state index in [0.29, 0.717) is 12.3 Å². The van der Waals surface area contributed by atoms with E-state index in [2.05, 4.69) is 36.9 Å². The predicted molar refractivity (Wildman–Crippen MR) is 101 cm³/mol. The summed E-state index contributed by atoms with van der Waals surface area (Å²) >= 11 is 0. The molecule has 7 nitrogen and oxygen atoms in total. The van der Waals surface area contributed by atoms with Gasteiger partial charge in [0.05, 0.1) is 11.6 Å². The number of hydrogen-bond acceptors (Lipinski definition) is 5. The van der Waals surface area contributed by atoms with Crippen LogP contribution in [0.5, 0.6) is 0 Å². The Hall–Kier alpha value is -2.18. The van der Waals surface area contributed by atoms with Gasteiger partial charge in [0.15, 0.2) is 5.65 Å². The number of H-pyrrole nitrogens is 1. The van der Waals surface area contributed by atoms with E-state index in [1.54, 1.807) is 6.20 Å². The van der Waals surface area contributed by atoms with E-state index in [4.69, 9.17) is 0 Å². The van der Waals surface area contributed by atoms with Crippen molar-refractivity contribution in [2.24, 2.45) is 5.41 Å². The van der Waals surface area contributed by atoms with Gasteiger partial charge < -0.3 is 9.80 Å². The molecule has 7 heteroatoms. The average molecular weight is 356 g/mol. The first-order chi connectivity index (χ1) is 12.5. The molecule has 1 saturated carbocycles. The fraction of sp³-hybridized carbons (Fsp3) is 0.684. The van der Waals surface area contributed by atoms with Crippen molar-refractivity contribution in [2.75, 3.05) is 31.1 Å². The minimum atomic E-state index is 0.218. The molecular weight excluding hydrogens is 328 g/mol. The summed E-state index contributed by atoms with van der Waals surface area (Å²) in [6.07, 6.45) is 8.38. The molecule has 0 atom stereocenters. The Morgan fingerprint density at radius 1 is 1.15 bits per heavy atom. The van der Waals surface area contributed by atoms with Gasteiger partial charge in [-0.3, -0.25) is 9.89 Å². The topological polar surface area (TPSA) is 78.0 Å². The quantitative estimate of drug-likeness (QED) is 0.915. The molecule has 0 unspecified atom stereocenters. The number of aromatic amines is 1. The molecule has 3 heterocycles. The van der Waals surface area contributed by atoms with E-state index in [1.807, 2.05) is 6.92 Å². The molecule has 0 aromatic carbocycles. The van der Waals surface area contributed by atoms with Crippen molar-refractivity contribution in [3.05, 3.63) is 12.0 Å². The minimum Gasteiger partial charge on any atom is -0.354 e. The minimum absolute atomic E-state index is 0.218. The third kappa shape index (κ3) is 3.39. The Balaban J connectivity index is 1.46. The number of aromatic nitrogens is 4. The number of carbonyl (C=O) groups excluding carboxylic acids is 1. The molecule has 2 fully saturated rings. The van der Waals surface area contributed by atoms with Crippen molar-refractivity contribution in [2.45, 2.75) is 52.4 Å². The van der Waals surface area contributed by atoms with Gasteiger partial charge in [0, 0.05) is 32.6 Å². The Morgan fingerprint density at radius 3 is 2.77 bits per heavy atom. The van der Waals surface area contributed by atoms with Crippen LogP contribution < -0.4 is 4.90 Å². The van der Waals surface area contributed by atoms with Crippen molar-refractivity contribution >= 4 is 22.8 Å². The molecule has 26 heavy (non-hydrogen) atoms. The molecule has 2 aromatic heterocycles. The number of aryl methyl sites for hydroxylation is 1. The van der Waals surface area contributed by atoms with Crippen LogP contribution in [0, 0.1) is 12.3 Å². The number of nitrogens with zero attached hydrogens (tertiary/aromatic N) is 5. The van der Waals surface area contributed by atoms with E-state index in [0.717, 1.165) is 55.3 Å². The maximum absolute atomic E-state index is 12.8. The maximum atomic E-state index is 12.8. The van der Waals surface area contributed by atoms with Crippen LogP contribution in [0.25, 0.3) is 11.0 Å². The average Bonchev–Trinajstić information content (AvgIpc) is 3.16. The molecule has 0 radical (unpaired) electrons. The fourth-order valence-electron chi connectivity index (χ4n) is 4.43. The van der Waals surface area contributed by atoms with Crippen LogP contribution in [-0.4, -0.2) is 57.2 Å². The second-order valence-electron chi connectivity index (χ2n) is 8.14. The molecule has 4 rings (SSSR count). The highest BCUT2D eigenvalue weighted by atomic mass is 16.2. The van der Waals surface area contributed by atoms with E-state index in [1.165, 1.54) is 25.7 Å². The zero-order valence-corrected chi connectivity index (χ0v) is 15.8. The summed E-state index contributed by atoms with van der Waals surface area (Å²) in [4.78, 5) is 26.2. The third-order valence-corrected chi connectivity index (χ3v) is 5.94. The number of nitrogens with one attached hydrogen (secondary N) is 1. The van der Waals surface area contributed by atoms with Crippen LogP contribution in [0.2, 0.25) is 0 Å². The number of rotatable bonds is 3. The number of carbonyl (C=O) groups is 1. The highest BCUT2D eigenvalue weighted by molar-refractivity contribution is 5.86. The molecule has 0 spiro atoms. The molecule has 2 aromatic rings. The normalized spacial score (nSPS) is 20.5. The first-order valence-corrected chi connectivity index (χ1v) is 9.75. The van der Waals surface area contributed by atoms with E-state index in [-0.39, 0.29) is 5.41 Å². The zero-order valence-electron chi connectivity index (χ0n) is 15.8. The summed E-state index contributed by atoms with van der Waals surface area (Å²) in [6, 6.07) is 0. The Morgan fingerprint density at radius 2 is 1.96 bits per heavy atom. The van der Waals surface area contributed by atoms with Gasteiger partial charge in [-0.15, -0.1) is 0 Å². The number of anilines is 1. The number of amides is 1. The molecule has 140 valence electrons. The number of fused-ring (bicyclic) bond motifs is 1. The molecule has 1 N–H and O–H groups in total. The summed E-state index contributed by atoms with van der Waals surface area (Å²) in [7, 11) is 0. The molecular formula is C19H28N6O. The first-order valence-electron chi connectivity index (χ1n) is 9.75. The Labute approximate surface area is 154 Å². The van der Waals surface area contributed by atoms with Crippen LogP contribution in [0.4, 0.5) is 5.82 Å². The van der Waals surface area contributed by atoms with Gasteiger partial charge in [0.1, 0.15) is 11.6 Å². The molecule has 1 aliphatic heterocycles. The summed E-state index contributed by atoms with van der Waals surface area (Å²) in [5.41, 5.74) is 0.995. The van der Waals surface area contributed by atoms with Crippen LogP contribution in [-0.2, 0) is 4.79 Å². The van der Waals surface area contributed by atoms with Gasteiger partial charge in [-0.05, 0) is 31.6 Å². The van der Waals surface area contributed by atoms with Gasteiger partial charge >= 0.3 is 0 Å². The van der Waals surface area contributed by atoms with Gasteiger partial charge in [-0.2, -0.15) is 5.10 Å². The monoisotopic (exact) mass is 356 g/mol. The summed E-state index contributed by atoms with van der Waals surface area (Å²) in [5.74, 6) is 1.99. The SMILES string of the molecule is Cc1nc(N2CCCN(C(=O)CC3(C)CCCC3)CC2)c2cn[nH]c2n1. The summed E-state index contributed by atoms with van der Waals surface area (Å²) < 4.78 is 0.